The summed E-state index contributed by atoms with van der Waals surface area (Å²) in [5.41, 5.74) is 0.555. The van der Waals surface area contributed by atoms with Crippen LogP contribution in [0.1, 0.15) is 23.6 Å². The Kier molecular flexibility index (Phi) is 6.87. The maximum Gasteiger partial charge on any atom is 0.295 e. The van der Waals surface area contributed by atoms with Crippen LogP contribution in [-0.2, 0) is 9.59 Å². The first-order chi connectivity index (χ1) is 14.7. The van der Waals surface area contributed by atoms with Gasteiger partial charge >= 0.3 is 0 Å². The first-order valence-corrected chi connectivity index (χ1v) is 10.4. The van der Waals surface area contributed by atoms with E-state index >= 15 is 0 Å². The van der Waals surface area contributed by atoms with Crippen LogP contribution in [0.25, 0.3) is 5.76 Å². The molecule has 1 heterocycles. The van der Waals surface area contributed by atoms with Crippen LogP contribution in [0.5, 0.6) is 0 Å². The molecule has 0 unspecified atom stereocenters. The van der Waals surface area contributed by atoms with Crippen LogP contribution in [0.3, 0.4) is 0 Å². The zero-order chi connectivity index (χ0) is 22.7. The van der Waals surface area contributed by atoms with Gasteiger partial charge in [0.1, 0.15) is 5.76 Å². The average molecular weight is 488 g/mol. The monoisotopic (exact) mass is 487 g/mol. The molecule has 1 aliphatic heterocycles. The third kappa shape index (κ3) is 4.83. The molecule has 1 fully saturated rings. The fraction of sp³-hybridized carbons (Fsp3) is 0.273. The van der Waals surface area contributed by atoms with E-state index in [0.717, 1.165) is 4.47 Å². The maximum atomic E-state index is 12.9. The predicted octanol–water partition coefficient (Wildman–Crippen LogP) is 3.73. The maximum absolute atomic E-state index is 12.9. The van der Waals surface area contributed by atoms with Crippen molar-refractivity contribution in [1.82, 2.24) is 9.80 Å². The number of carbonyl (C=O) groups excluding carboxylic acids is 2. The van der Waals surface area contributed by atoms with Crippen molar-refractivity contribution >= 4 is 39.1 Å². The van der Waals surface area contributed by atoms with Gasteiger partial charge in [0.05, 0.1) is 16.5 Å². The van der Waals surface area contributed by atoms with Crippen molar-refractivity contribution in [2.75, 3.05) is 27.2 Å². The standard InChI is InChI=1S/C22H22BrN3O5/c1-24(2)11-4-12-25-19(15-5-3-6-17(13-15)26(30)31)18(21(28)22(25)29)20(27)14-7-9-16(23)10-8-14/h3,5-10,13,19,27H,4,11-12H2,1-2H3/t19-/m1/s1. The van der Waals surface area contributed by atoms with E-state index in [1.807, 2.05) is 19.0 Å². The smallest absolute Gasteiger partial charge is 0.295 e. The minimum atomic E-state index is -0.911. The van der Waals surface area contributed by atoms with E-state index in [0.29, 0.717) is 24.1 Å². The summed E-state index contributed by atoms with van der Waals surface area (Å²) >= 11 is 3.32. The molecule has 162 valence electrons. The number of non-ortho nitro benzene ring substituents is 1. The van der Waals surface area contributed by atoms with Crippen molar-refractivity contribution in [2.24, 2.45) is 0 Å². The number of aliphatic hydroxyl groups excluding tert-OH is 1. The molecule has 0 spiro atoms. The second-order valence-corrected chi connectivity index (χ2v) is 8.42. The summed E-state index contributed by atoms with van der Waals surface area (Å²) in [4.78, 5) is 39.9. The van der Waals surface area contributed by atoms with Gasteiger partial charge in [-0.3, -0.25) is 19.7 Å². The molecule has 1 aliphatic rings. The molecule has 0 saturated carbocycles. The van der Waals surface area contributed by atoms with Gasteiger partial charge in [0, 0.05) is 28.7 Å². The summed E-state index contributed by atoms with van der Waals surface area (Å²) in [5.74, 6) is -1.84. The van der Waals surface area contributed by atoms with Crippen molar-refractivity contribution in [1.29, 1.82) is 0 Å². The number of carbonyl (C=O) groups is 2. The zero-order valence-corrected chi connectivity index (χ0v) is 18.7. The highest BCUT2D eigenvalue weighted by atomic mass is 79.9. The minimum absolute atomic E-state index is 0.0716. The molecular formula is C22H22BrN3O5. The number of Topliss-reactive ketones (excluding diaryl/α,β-unsaturated/α-hetero) is 1. The third-order valence-electron chi connectivity index (χ3n) is 5.06. The minimum Gasteiger partial charge on any atom is -0.507 e. The molecule has 1 amide bonds. The fourth-order valence-corrected chi connectivity index (χ4v) is 3.85. The summed E-state index contributed by atoms with van der Waals surface area (Å²) in [6.07, 6.45) is 0.601. The Morgan fingerprint density at radius 1 is 1.19 bits per heavy atom. The lowest BCUT2D eigenvalue weighted by Gasteiger charge is -2.25. The first-order valence-electron chi connectivity index (χ1n) is 9.64. The van der Waals surface area contributed by atoms with Gasteiger partial charge in [0.15, 0.2) is 0 Å². The van der Waals surface area contributed by atoms with Gasteiger partial charge in [-0.25, -0.2) is 0 Å². The van der Waals surface area contributed by atoms with Crippen LogP contribution >= 0.6 is 15.9 Å². The molecule has 2 aromatic rings. The Labute approximate surface area is 188 Å². The molecule has 3 rings (SSSR count). The van der Waals surface area contributed by atoms with Gasteiger partial charge in [-0.1, -0.05) is 40.2 Å². The van der Waals surface area contributed by atoms with Crippen molar-refractivity contribution in [3.05, 3.63) is 79.8 Å². The number of rotatable bonds is 7. The fourth-order valence-electron chi connectivity index (χ4n) is 3.59. The number of ketones is 1. The SMILES string of the molecule is CN(C)CCCN1C(=O)C(=O)C(=C(O)c2ccc(Br)cc2)[C@H]1c1cccc([N+](=O)[O-])c1. The molecule has 0 radical (unpaired) electrons. The van der Waals surface area contributed by atoms with E-state index in [9.17, 15) is 24.8 Å². The van der Waals surface area contributed by atoms with Crippen LogP contribution in [-0.4, -0.2) is 58.7 Å². The van der Waals surface area contributed by atoms with Gasteiger partial charge in [-0.15, -0.1) is 0 Å². The molecule has 0 bridgehead atoms. The number of benzene rings is 2. The van der Waals surface area contributed by atoms with E-state index in [1.54, 1.807) is 30.3 Å². The van der Waals surface area contributed by atoms with Crippen LogP contribution in [0.15, 0.2) is 58.6 Å². The van der Waals surface area contributed by atoms with Crippen LogP contribution in [0, 0.1) is 10.1 Å². The number of hydrogen-bond acceptors (Lipinski definition) is 6. The van der Waals surface area contributed by atoms with E-state index in [-0.39, 0.29) is 23.6 Å². The Morgan fingerprint density at radius 3 is 2.48 bits per heavy atom. The van der Waals surface area contributed by atoms with Crippen LogP contribution < -0.4 is 0 Å². The lowest BCUT2D eigenvalue weighted by molar-refractivity contribution is -0.384. The molecule has 8 nitrogen and oxygen atoms in total. The molecule has 1 atom stereocenters. The number of amides is 1. The number of nitro benzene ring substituents is 1. The van der Waals surface area contributed by atoms with Crippen LogP contribution in [0.2, 0.25) is 0 Å². The van der Waals surface area contributed by atoms with E-state index < -0.39 is 22.7 Å². The Morgan fingerprint density at radius 2 is 1.87 bits per heavy atom. The van der Waals surface area contributed by atoms with Crippen molar-refractivity contribution in [3.63, 3.8) is 0 Å². The molecule has 31 heavy (non-hydrogen) atoms. The van der Waals surface area contributed by atoms with Gasteiger partial charge < -0.3 is 14.9 Å². The van der Waals surface area contributed by atoms with E-state index in [4.69, 9.17) is 0 Å². The Balaban J connectivity index is 2.13. The molecule has 1 saturated heterocycles. The lowest BCUT2D eigenvalue weighted by atomic mass is 9.95. The number of likely N-dealkylation sites (tertiary alicyclic amines) is 1. The van der Waals surface area contributed by atoms with Gasteiger partial charge in [-0.2, -0.15) is 0 Å². The Hall–Kier alpha value is -3.04. The number of aliphatic hydroxyl groups is 1. The summed E-state index contributed by atoms with van der Waals surface area (Å²) < 4.78 is 0.795. The van der Waals surface area contributed by atoms with Gasteiger partial charge in [0.2, 0.25) is 0 Å². The molecule has 9 heteroatoms. The number of hydrogen-bond donors (Lipinski definition) is 1. The van der Waals surface area contributed by atoms with Crippen LogP contribution in [0.4, 0.5) is 5.69 Å². The summed E-state index contributed by atoms with van der Waals surface area (Å²) in [5, 5.41) is 22.2. The molecule has 1 N–H and O–H groups in total. The predicted molar refractivity (Wildman–Crippen MR) is 119 cm³/mol. The highest BCUT2D eigenvalue weighted by Gasteiger charge is 2.46. The Bertz CT molecular complexity index is 1050. The zero-order valence-electron chi connectivity index (χ0n) is 17.1. The van der Waals surface area contributed by atoms with E-state index in [2.05, 4.69) is 15.9 Å². The number of nitrogens with zero attached hydrogens (tertiary/aromatic N) is 3. The highest BCUT2D eigenvalue weighted by molar-refractivity contribution is 9.10. The second-order valence-electron chi connectivity index (χ2n) is 7.51. The lowest BCUT2D eigenvalue weighted by Crippen LogP contribution is -2.32. The summed E-state index contributed by atoms with van der Waals surface area (Å²) in [7, 11) is 3.80. The first kappa shape index (κ1) is 22.6. The highest BCUT2D eigenvalue weighted by Crippen LogP contribution is 2.40. The largest absolute Gasteiger partial charge is 0.507 e. The quantitative estimate of drug-likeness (QED) is 0.210. The molecule has 0 aliphatic carbocycles. The van der Waals surface area contributed by atoms with Gasteiger partial charge in [0.25, 0.3) is 17.4 Å². The van der Waals surface area contributed by atoms with Crippen molar-refractivity contribution in [2.45, 2.75) is 12.5 Å². The molecule has 0 aromatic heterocycles. The topological polar surface area (TPSA) is 104 Å². The van der Waals surface area contributed by atoms with E-state index in [1.165, 1.54) is 23.1 Å². The van der Waals surface area contributed by atoms with Crippen molar-refractivity contribution in [3.8, 4) is 0 Å². The number of halogens is 1. The molecular weight excluding hydrogens is 466 g/mol. The van der Waals surface area contributed by atoms with Crippen molar-refractivity contribution < 1.29 is 19.6 Å². The number of nitro groups is 1. The summed E-state index contributed by atoms with van der Waals surface area (Å²) in [6.45, 7) is 0.963. The normalized spacial score (nSPS) is 18.1. The summed E-state index contributed by atoms with van der Waals surface area (Å²) in [6, 6.07) is 11.6. The second kappa shape index (κ2) is 9.40. The average Bonchev–Trinajstić information content (AvgIpc) is 2.98. The third-order valence-corrected chi connectivity index (χ3v) is 5.59. The van der Waals surface area contributed by atoms with Gasteiger partial charge in [-0.05, 0) is 44.8 Å². The molecule has 2 aromatic carbocycles.